The summed E-state index contributed by atoms with van der Waals surface area (Å²) in [5, 5.41) is 3.03. The number of amides is 1. The summed E-state index contributed by atoms with van der Waals surface area (Å²) in [6, 6.07) is 0.575. The lowest BCUT2D eigenvalue weighted by atomic mass is 10.2. The molecule has 0 N–H and O–H groups in total. The third-order valence-electron chi connectivity index (χ3n) is 3.31. The first-order valence-electron chi connectivity index (χ1n) is 7.92. The molecule has 0 aliphatic heterocycles. The van der Waals surface area contributed by atoms with Gasteiger partial charge >= 0.3 is 0 Å². The maximum absolute atomic E-state index is 11.3. The molecule has 24 heavy (non-hydrogen) atoms. The number of aromatic nitrogens is 3. The van der Waals surface area contributed by atoms with Gasteiger partial charge in [-0.3, -0.25) is 4.79 Å². The first-order valence-corrected chi connectivity index (χ1v) is 9.79. The Kier molecular flexibility index (Phi) is 8.55. The van der Waals surface area contributed by atoms with Crippen molar-refractivity contribution in [3.05, 3.63) is 12.0 Å². The lowest BCUT2D eigenvalue weighted by Crippen LogP contribution is -2.38. The minimum Gasteiger partial charge on any atom is -0.345 e. The van der Waals surface area contributed by atoms with E-state index in [1.165, 1.54) is 23.5 Å². The molecule has 8 heteroatoms. The van der Waals surface area contributed by atoms with Gasteiger partial charge in [0.1, 0.15) is 0 Å². The highest BCUT2D eigenvalue weighted by molar-refractivity contribution is 8.02. The second-order valence-electron chi connectivity index (χ2n) is 5.87. The number of rotatable bonds is 9. The smallest absolute Gasteiger partial charge is 0.230 e. The molecule has 1 heterocycles. The van der Waals surface area contributed by atoms with Gasteiger partial charge in [-0.2, -0.15) is 15.0 Å². The monoisotopic (exact) mass is 369 g/mol. The van der Waals surface area contributed by atoms with Gasteiger partial charge in [0, 0.05) is 38.4 Å². The summed E-state index contributed by atoms with van der Waals surface area (Å²) >= 11 is 2.92. The Morgan fingerprint density at radius 1 is 1.17 bits per heavy atom. The number of carbonyl (C=O) groups is 1. The van der Waals surface area contributed by atoms with E-state index in [0.717, 1.165) is 5.75 Å². The number of anilines is 1. The fourth-order valence-corrected chi connectivity index (χ4v) is 3.45. The molecule has 0 aliphatic carbocycles. The van der Waals surface area contributed by atoms with Crippen molar-refractivity contribution >= 4 is 35.4 Å². The average Bonchev–Trinajstić information content (AvgIpc) is 2.46. The van der Waals surface area contributed by atoms with Gasteiger partial charge in [-0.15, -0.1) is 0 Å². The van der Waals surface area contributed by atoms with Crippen LogP contribution in [0.25, 0.3) is 0 Å². The molecule has 0 aromatic carbocycles. The van der Waals surface area contributed by atoms with Gasteiger partial charge in [0.05, 0.1) is 0 Å². The summed E-state index contributed by atoms with van der Waals surface area (Å²) in [5.41, 5.74) is 0. The minimum absolute atomic E-state index is 0.0561. The van der Waals surface area contributed by atoms with E-state index in [0.29, 0.717) is 22.8 Å². The van der Waals surface area contributed by atoms with Crippen LogP contribution < -0.4 is 4.90 Å². The highest BCUT2D eigenvalue weighted by Gasteiger charge is 2.19. The van der Waals surface area contributed by atoms with Crippen LogP contribution in [0, 0.1) is 0 Å². The summed E-state index contributed by atoms with van der Waals surface area (Å²) < 4.78 is 0. The van der Waals surface area contributed by atoms with Gasteiger partial charge in [0.25, 0.3) is 0 Å². The van der Waals surface area contributed by atoms with Crippen LogP contribution in [0.1, 0.15) is 34.6 Å². The van der Waals surface area contributed by atoms with Gasteiger partial charge in [-0.25, -0.2) is 0 Å². The molecule has 1 aromatic rings. The van der Waals surface area contributed by atoms with Gasteiger partial charge in [0.15, 0.2) is 10.3 Å². The third-order valence-corrected chi connectivity index (χ3v) is 4.70. The molecule has 0 bridgehead atoms. The summed E-state index contributed by atoms with van der Waals surface area (Å²) in [4.78, 5) is 28.8. The number of hydrogen-bond donors (Lipinski definition) is 0. The molecule has 0 aliphatic rings. The van der Waals surface area contributed by atoms with E-state index in [4.69, 9.17) is 0 Å². The van der Waals surface area contributed by atoms with Crippen LogP contribution >= 0.6 is 23.5 Å². The standard InChI is InChI=1S/C16H27N5OS2/c1-8-23-15-17-14(21(11(2)3)12(4)5)18-16(19-15)24-10-9-20(7)13(6)22/h8,11-12H,1,9-10H2,2-7H3. The van der Waals surface area contributed by atoms with E-state index in [9.17, 15) is 4.79 Å². The van der Waals surface area contributed by atoms with E-state index in [2.05, 4.69) is 54.1 Å². The molecule has 0 unspecified atom stereocenters. The van der Waals surface area contributed by atoms with Crippen LogP contribution in [0.3, 0.4) is 0 Å². The van der Waals surface area contributed by atoms with Crippen LogP contribution in [0.5, 0.6) is 0 Å². The predicted molar refractivity (Wildman–Crippen MR) is 103 cm³/mol. The first-order chi connectivity index (χ1) is 11.3. The fraction of sp³-hybridized carbons (Fsp3) is 0.625. The van der Waals surface area contributed by atoms with Crippen molar-refractivity contribution in [1.29, 1.82) is 0 Å². The molecule has 0 spiro atoms. The Morgan fingerprint density at radius 3 is 2.25 bits per heavy atom. The van der Waals surface area contributed by atoms with E-state index < -0.39 is 0 Å². The molecule has 0 fully saturated rings. The Bertz CT molecular complexity index is 557. The van der Waals surface area contributed by atoms with Crippen LogP contribution in [-0.2, 0) is 4.79 Å². The van der Waals surface area contributed by atoms with Crippen molar-refractivity contribution in [3.8, 4) is 0 Å². The Morgan fingerprint density at radius 2 is 1.75 bits per heavy atom. The van der Waals surface area contributed by atoms with E-state index >= 15 is 0 Å². The second kappa shape index (κ2) is 9.88. The van der Waals surface area contributed by atoms with Gasteiger partial charge in [0.2, 0.25) is 11.9 Å². The van der Waals surface area contributed by atoms with Crippen molar-refractivity contribution < 1.29 is 4.79 Å². The molecular formula is C16H27N5OS2. The maximum atomic E-state index is 11.3. The Balaban J connectivity index is 2.99. The number of carbonyl (C=O) groups excluding carboxylic acids is 1. The van der Waals surface area contributed by atoms with Crippen LogP contribution in [-0.4, -0.2) is 57.2 Å². The molecular weight excluding hydrogens is 342 g/mol. The third kappa shape index (κ3) is 6.32. The van der Waals surface area contributed by atoms with Crippen LogP contribution in [0.2, 0.25) is 0 Å². The lowest BCUT2D eigenvalue weighted by molar-refractivity contribution is -0.127. The van der Waals surface area contributed by atoms with Crippen molar-refractivity contribution in [3.63, 3.8) is 0 Å². The number of nitrogens with zero attached hydrogens (tertiary/aromatic N) is 5. The topological polar surface area (TPSA) is 62.2 Å². The molecule has 0 radical (unpaired) electrons. The maximum Gasteiger partial charge on any atom is 0.230 e. The van der Waals surface area contributed by atoms with Gasteiger partial charge < -0.3 is 9.80 Å². The lowest BCUT2D eigenvalue weighted by Gasteiger charge is -2.30. The molecule has 0 atom stereocenters. The predicted octanol–water partition coefficient (Wildman–Crippen LogP) is 3.30. The van der Waals surface area contributed by atoms with Gasteiger partial charge in [-0.1, -0.05) is 30.1 Å². The number of thioether (sulfide) groups is 2. The molecule has 1 rings (SSSR count). The van der Waals surface area contributed by atoms with Gasteiger partial charge in [-0.05, 0) is 33.1 Å². The first kappa shape index (κ1) is 20.8. The van der Waals surface area contributed by atoms with Crippen LogP contribution in [0.15, 0.2) is 22.3 Å². The second-order valence-corrected chi connectivity index (χ2v) is 7.87. The molecule has 1 amide bonds. The van der Waals surface area contributed by atoms with E-state index in [1.807, 2.05) is 0 Å². The summed E-state index contributed by atoms with van der Waals surface area (Å²) in [6.07, 6.45) is 0. The molecule has 1 aromatic heterocycles. The minimum atomic E-state index is 0.0561. The largest absolute Gasteiger partial charge is 0.345 e. The molecule has 0 saturated heterocycles. The van der Waals surface area contributed by atoms with E-state index in [-0.39, 0.29) is 18.0 Å². The molecule has 134 valence electrons. The number of hydrogen-bond acceptors (Lipinski definition) is 7. The van der Waals surface area contributed by atoms with Crippen molar-refractivity contribution in [2.75, 3.05) is 24.2 Å². The van der Waals surface area contributed by atoms with Crippen molar-refractivity contribution in [1.82, 2.24) is 19.9 Å². The van der Waals surface area contributed by atoms with E-state index in [1.54, 1.807) is 24.3 Å². The zero-order valence-electron chi connectivity index (χ0n) is 15.3. The quantitative estimate of drug-likeness (QED) is 0.619. The van der Waals surface area contributed by atoms with Crippen molar-refractivity contribution in [2.45, 2.75) is 57.0 Å². The normalized spacial score (nSPS) is 11.0. The highest BCUT2D eigenvalue weighted by atomic mass is 32.2. The van der Waals surface area contributed by atoms with Crippen LogP contribution in [0.4, 0.5) is 5.95 Å². The Labute approximate surface area is 153 Å². The average molecular weight is 370 g/mol. The zero-order chi connectivity index (χ0) is 18.3. The zero-order valence-corrected chi connectivity index (χ0v) is 16.9. The highest BCUT2D eigenvalue weighted by Crippen LogP contribution is 2.24. The van der Waals surface area contributed by atoms with Crippen molar-refractivity contribution in [2.24, 2.45) is 0 Å². The summed E-state index contributed by atoms with van der Waals surface area (Å²) in [6.45, 7) is 14.4. The Hall–Kier alpha value is -1.28. The SMILES string of the molecule is C=CSc1nc(SCCN(C)C(C)=O)nc(N(C(C)C)C(C)C)n1. The molecule has 6 nitrogen and oxygen atoms in total. The summed E-state index contributed by atoms with van der Waals surface area (Å²) in [5.74, 6) is 1.48. The molecule has 0 saturated carbocycles. The summed E-state index contributed by atoms with van der Waals surface area (Å²) in [7, 11) is 1.79. The fourth-order valence-electron chi connectivity index (χ4n) is 2.12.